The second kappa shape index (κ2) is 4.28. The van der Waals surface area contributed by atoms with Crippen LogP contribution in [0.15, 0.2) is 28.0 Å². The number of aromatic nitrogens is 4. The molecule has 2 aromatic rings. The van der Waals surface area contributed by atoms with Crippen molar-refractivity contribution >= 4 is 0 Å². The maximum absolute atomic E-state index is 11.4. The average molecular weight is 236 g/mol. The SMILES string of the molecule is Cc1cnn(CCn2c(O)cc(=O)[nH]c2=O)c1. The van der Waals surface area contributed by atoms with Crippen molar-refractivity contribution in [2.45, 2.75) is 20.0 Å². The highest BCUT2D eigenvalue weighted by Gasteiger charge is 2.04. The minimum absolute atomic E-state index is 0.239. The van der Waals surface area contributed by atoms with Crippen molar-refractivity contribution in [3.05, 3.63) is 44.9 Å². The van der Waals surface area contributed by atoms with Crippen LogP contribution in [0.3, 0.4) is 0 Å². The highest BCUT2D eigenvalue weighted by molar-refractivity contribution is 5.05. The Hall–Kier alpha value is -2.31. The third kappa shape index (κ3) is 2.44. The van der Waals surface area contributed by atoms with Crippen LogP contribution in [0, 0.1) is 6.92 Å². The van der Waals surface area contributed by atoms with E-state index in [0.29, 0.717) is 6.54 Å². The second-order valence-electron chi connectivity index (χ2n) is 3.73. The summed E-state index contributed by atoms with van der Waals surface area (Å²) in [6.45, 7) is 2.59. The van der Waals surface area contributed by atoms with Crippen molar-refractivity contribution < 1.29 is 5.11 Å². The van der Waals surface area contributed by atoms with Crippen LogP contribution in [0.5, 0.6) is 5.88 Å². The van der Waals surface area contributed by atoms with Crippen LogP contribution in [-0.2, 0) is 13.1 Å². The Morgan fingerprint density at radius 3 is 2.76 bits per heavy atom. The maximum Gasteiger partial charge on any atom is 0.331 e. The highest BCUT2D eigenvalue weighted by Crippen LogP contribution is 2.01. The molecule has 2 N–H and O–H groups in total. The molecule has 0 aliphatic rings. The lowest BCUT2D eigenvalue weighted by Crippen LogP contribution is -2.30. The first-order valence-corrected chi connectivity index (χ1v) is 5.08. The van der Waals surface area contributed by atoms with Gasteiger partial charge in [0.15, 0.2) is 0 Å². The van der Waals surface area contributed by atoms with Gasteiger partial charge in [-0.05, 0) is 12.5 Å². The molecule has 0 spiro atoms. The second-order valence-corrected chi connectivity index (χ2v) is 3.73. The van der Waals surface area contributed by atoms with Gasteiger partial charge in [-0.2, -0.15) is 5.10 Å². The maximum atomic E-state index is 11.4. The van der Waals surface area contributed by atoms with E-state index in [1.54, 1.807) is 10.9 Å². The standard InChI is InChI=1S/C10H12N4O3/c1-7-5-11-13(6-7)2-3-14-9(16)4-8(15)12-10(14)17/h4-6,16H,2-3H2,1H3,(H,12,15,17). The Morgan fingerprint density at radius 2 is 2.18 bits per heavy atom. The highest BCUT2D eigenvalue weighted by atomic mass is 16.3. The summed E-state index contributed by atoms with van der Waals surface area (Å²) >= 11 is 0. The molecule has 0 aliphatic carbocycles. The molecule has 2 rings (SSSR count). The monoisotopic (exact) mass is 236 g/mol. The average Bonchev–Trinajstić information content (AvgIpc) is 2.62. The van der Waals surface area contributed by atoms with Gasteiger partial charge in [-0.3, -0.25) is 19.0 Å². The van der Waals surface area contributed by atoms with Crippen molar-refractivity contribution in [3.63, 3.8) is 0 Å². The number of H-pyrrole nitrogens is 1. The molecule has 0 aliphatic heterocycles. The first-order valence-electron chi connectivity index (χ1n) is 5.08. The Balaban J connectivity index is 2.20. The molecule has 0 saturated heterocycles. The van der Waals surface area contributed by atoms with E-state index in [1.807, 2.05) is 13.1 Å². The van der Waals surface area contributed by atoms with E-state index < -0.39 is 11.2 Å². The predicted molar refractivity (Wildman–Crippen MR) is 60.0 cm³/mol. The number of rotatable bonds is 3. The van der Waals surface area contributed by atoms with E-state index in [9.17, 15) is 14.7 Å². The van der Waals surface area contributed by atoms with Crippen LogP contribution in [0.25, 0.3) is 0 Å². The minimum atomic E-state index is -0.626. The fraction of sp³-hybridized carbons (Fsp3) is 0.300. The lowest BCUT2D eigenvalue weighted by atomic mass is 10.4. The fourth-order valence-electron chi connectivity index (χ4n) is 1.52. The number of aromatic hydroxyl groups is 1. The zero-order valence-corrected chi connectivity index (χ0v) is 9.25. The molecule has 0 fully saturated rings. The van der Waals surface area contributed by atoms with Gasteiger partial charge in [0.2, 0.25) is 5.88 Å². The van der Waals surface area contributed by atoms with Crippen molar-refractivity contribution in [2.75, 3.05) is 0 Å². The molecule has 0 saturated carbocycles. The molecule has 7 heteroatoms. The van der Waals surface area contributed by atoms with Gasteiger partial charge in [0.05, 0.1) is 25.4 Å². The van der Waals surface area contributed by atoms with Gasteiger partial charge in [-0.15, -0.1) is 0 Å². The summed E-state index contributed by atoms with van der Waals surface area (Å²) < 4.78 is 2.74. The van der Waals surface area contributed by atoms with Crippen LogP contribution in [0.2, 0.25) is 0 Å². The van der Waals surface area contributed by atoms with E-state index in [1.165, 1.54) is 0 Å². The Kier molecular flexibility index (Phi) is 2.82. The molecule has 2 aromatic heterocycles. The van der Waals surface area contributed by atoms with Gasteiger partial charge in [0.25, 0.3) is 5.56 Å². The van der Waals surface area contributed by atoms with Crippen LogP contribution < -0.4 is 11.2 Å². The van der Waals surface area contributed by atoms with Gasteiger partial charge in [0, 0.05) is 6.20 Å². The molecule has 0 amide bonds. The number of hydrogen-bond acceptors (Lipinski definition) is 4. The summed E-state index contributed by atoms with van der Waals surface area (Å²) in [5.41, 5.74) is -0.222. The van der Waals surface area contributed by atoms with Crippen molar-refractivity contribution in [1.82, 2.24) is 19.3 Å². The number of aromatic amines is 1. The van der Waals surface area contributed by atoms with Crippen LogP contribution in [0.1, 0.15) is 5.56 Å². The normalized spacial score (nSPS) is 10.6. The summed E-state index contributed by atoms with van der Waals surface area (Å²) in [7, 11) is 0. The van der Waals surface area contributed by atoms with Crippen molar-refractivity contribution in [1.29, 1.82) is 0 Å². The summed E-state index contributed by atoms with van der Waals surface area (Å²) in [6, 6.07) is 0.968. The fourth-order valence-corrected chi connectivity index (χ4v) is 1.52. The first-order chi connectivity index (χ1) is 8.06. The van der Waals surface area contributed by atoms with Gasteiger partial charge in [-0.25, -0.2) is 4.79 Å². The summed E-state index contributed by atoms with van der Waals surface area (Å²) in [5.74, 6) is -0.345. The minimum Gasteiger partial charge on any atom is -0.494 e. The Bertz CT molecular complexity index is 637. The predicted octanol–water partition coefficient (Wildman–Crippen LogP) is -0.553. The molecule has 0 atom stereocenters. The third-order valence-corrected chi connectivity index (χ3v) is 2.33. The molecule has 7 nitrogen and oxygen atoms in total. The molecule has 0 bridgehead atoms. The summed E-state index contributed by atoms with van der Waals surface area (Å²) in [4.78, 5) is 24.4. The molecule has 0 unspecified atom stereocenters. The quantitative estimate of drug-likeness (QED) is 0.747. The van der Waals surface area contributed by atoms with Gasteiger partial charge in [0.1, 0.15) is 0 Å². The first kappa shape index (κ1) is 11.2. The zero-order chi connectivity index (χ0) is 12.4. The van der Waals surface area contributed by atoms with Crippen LogP contribution in [0.4, 0.5) is 0 Å². The summed E-state index contributed by atoms with van der Waals surface area (Å²) in [5, 5.41) is 13.5. The molecule has 0 aromatic carbocycles. The summed E-state index contributed by atoms with van der Waals surface area (Å²) in [6.07, 6.45) is 3.53. The third-order valence-electron chi connectivity index (χ3n) is 2.33. The van der Waals surface area contributed by atoms with Gasteiger partial charge >= 0.3 is 5.69 Å². The van der Waals surface area contributed by atoms with E-state index in [2.05, 4.69) is 10.1 Å². The number of aryl methyl sites for hydroxylation is 2. The molecular formula is C10H12N4O3. The zero-order valence-electron chi connectivity index (χ0n) is 9.25. The lowest BCUT2D eigenvalue weighted by Gasteiger charge is -2.06. The number of hydrogen-bond donors (Lipinski definition) is 2. The van der Waals surface area contributed by atoms with E-state index in [4.69, 9.17) is 0 Å². The smallest absolute Gasteiger partial charge is 0.331 e. The lowest BCUT2D eigenvalue weighted by molar-refractivity contribution is 0.385. The van der Waals surface area contributed by atoms with E-state index in [-0.39, 0.29) is 12.4 Å². The molecule has 17 heavy (non-hydrogen) atoms. The molecule has 0 radical (unpaired) electrons. The Labute approximate surface area is 96.0 Å². The van der Waals surface area contributed by atoms with E-state index >= 15 is 0 Å². The molecular weight excluding hydrogens is 224 g/mol. The van der Waals surface area contributed by atoms with Crippen LogP contribution >= 0.6 is 0 Å². The molecule has 90 valence electrons. The van der Waals surface area contributed by atoms with Gasteiger partial charge < -0.3 is 5.11 Å². The van der Waals surface area contributed by atoms with Gasteiger partial charge in [-0.1, -0.05) is 0 Å². The Morgan fingerprint density at radius 1 is 1.41 bits per heavy atom. The van der Waals surface area contributed by atoms with E-state index in [0.717, 1.165) is 16.2 Å². The van der Waals surface area contributed by atoms with Crippen LogP contribution in [-0.4, -0.2) is 24.4 Å². The molecule has 2 heterocycles. The number of nitrogens with one attached hydrogen (secondary N) is 1. The number of nitrogens with zero attached hydrogens (tertiary/aromatic N) is 3. The largest absolute Gasteiger partial charge is 0.494 e. The topological polar surface area (TPSA) is 92.9 Å². The van der Waals surface area contributed by atoms with Crippen molar-refractivity contribution in [2.24, 2.45) is 0 Å². The van der Waals surface area contributed by atoms with Crippen molar-refractivity contribution in [3.8, 4) is 5.88 Å².